The maximum absolute atomic E-state index is 10.3. The fraction of sp³-hybridized carbons (Fsp3) is 0.455. The van der Waals surface area contributed by atoms with Gasteiger partial charge in [-0.25, -0.2) is 0 Å². The van der Waals surface area contributed by atoms with Crippen molar-refractivity contribution in [1.82, 2.24) is 4.57 Å². The minimum absolute atomic E-state index is 0.171. The molecular formula is C22H33NO3Si. The number of aryl methyl sites for hydroxylation is 1. The van der Waals surface area contributed by atoms with Crippen molar-refractivity contribution < 1.29 is 14.3 Å². The Morgan fingerprint density at radius 3 is 2.44 bits per heavy atom. The molecule has 0 aliphatic heterocycles. The second-order valence-corrected chi connectivity index (χ2v) is 13.3. The van der Waals surface area contributed by atoms with E-state index < -0.39 is 14.4 Å². The monoisotopic (exact) mass is 387 g/mol. The molecular weight excluding hydrogens is 354 g/mol. The largest absolute Gasteiger partial charge is 0.489 e. The van der Waals surface area contributed by atoms with Crippen LogP contribution in [0.25, 0.3) is 10.9 Å². The Bertz CT molecular complexity index is 830. The van der Waals surface area contributed by atoms with Gasteiger partial charge in [-0.05, 0) is 30.3 Å². The van der Waals surface area contributed by atoms with Crippen molar-refractivity contribution in [1.29, 1.82) is 0 Å². The lowest BCUT2D eigenvalue weighted by atomic mass is 10.1. The number of aromatic nitrogens is 1. The summed E-state index contributed by atoms with van der Waals surface area (Å²) in [6.07, 6.45) is 2.42. The van der Waals surface area contributed by atoms with Crippen LogP contribution in [-0.4, -0.2) is 24.6 Å². The molecule has 0 spiro atoms. The minimum atomic E-state index is -1.83. The first-order valence-electron chi connectivity index (χ1n) is 9.32. The summed E-state index contributed by atoms with van der Waals surface area (Å²) in [4.78, 5) is 0. The number of hydrogen-bond acceptors (Lipinski definition) is 3. The minimum Gasteiger partial charge on any atom is -0.489 e. The van der Waals surface area contributed by atoms with E-state index in [4.69, 9.17) is 9.16 Å². The van der Waals surface area contributed by atoms with Crippen molar-refractivity contribution in [2.24, 2.45) is 7.05 Å². The van der Waals surface area contributed by atoms with Crippen molar-refractivity contribution in [2.75, 3.05) is 6.61 Å². The Labute approximate surface area is 164 Å². The van der Waals surface area contributed by atoms with Gasteiger partial charge in [-0.2, -0.15) is 0 Å². The molecule has 0 radical (unpaired) electrons. The molecule has 2 aromatic rings. The quantitative estimate of drug-likeness (QED) is 0.481. The Morgan fingerprint density at radius 1 is 1.22 bits per heavy atom. The third-order valence-corrected chi connectivity index (χ3v) is 10.0. The normalized spacial score (nSPS) is 13.6. The van der Waals surface area contributed by atoms with Crippen molar-refractivity contribution >= 4 is 19.2 Å². The first-order chi connectivity index (χ1) is 12.5. The average molecular weight is 388 g/mol. The molecule has 1 heterocycles. The third kappa shape index (κ3) is 4.54. The Hall–Kier alpha value is -1.82. The number of ether oxygens (including phenoxy) is 1. The predicted octanol–water partition coefficient (Wildman–Crippen LogP) is 5.48. The topological polar surface area (TPSA) is 43.6 Å². The molecule has 5 heteroatoms. The predicted molar refractivity (Wildman–Crippen MR) is 116 cm³/mol. The molecule has 0 saturated carbocycles. The lowest BCUT2D eigenvalue weighted by molar-refractivity contribution is 0.221. The summed E-state index contributed by atoms with van der Waals surface area (Å²) in [5, 5.41) is 11.5. The van der Waals surface area contributed by atoms with Gasteiger partial charge in [0.2, 0.25) is 0 Å². The zero-order chi connectivity index (χ0) is 20.4. The molecule has 1 unspecified atom stereocenters. The molecule has 1 atom stereocenters. The first kappa shape index (κ1) is 21.5. The van der Waals surface area contributed by atoms with Gasteiger partial charge in [-0.3, -0.25) is 0 Å². The van der Waals surface area contributed by atoms with Crippen LogP contribution in [0.1, 0.15) is 38.1 Å². The maximum atomic E-state index is 10.3. The van der Waals surface area contributed by atoms with E-state index in [1.54, 1.807) is 6.08 Å². The summed E-state index contributed by atoms with van der Waals surface area (Å²) in [6, 6.07) is 6.06. The van der Waals surface area contributed by atoms with E-state index in [1.165, 1.54) is 6.08 Å². The molecule has 0 saturated heterocycles. The zero-order valence-electron chi connectivity index (χ0n) is 17.5. The second-order valence-electron chi connectivity index (χ2n) is 8.47. The molecule has 1 aromatic carbocycles. The lowest BCUT2D eigenvalue weighted by Crippen LogP contribution is -2.40. The van der Waals surface area contributed by atoms with E-state index in [9.17, 15) is 5.11 Å². The molecule has 4 nitrogen and oxygen atoms in total. The Kier molecular flexibility index (Phi) is 6.40. The molecule has 0 bridgehead atoms. The third-order valence-electron chi connectivity index (χ3n) is 5.56. The molecule has 0 aliphatic carbocycles. The van der Waals surface area contributed by atoms with Crippen LogP contribution in [0.4, 0.5) is 0 Å². The van der Waals surface area contributed by atoms with Crippen LogP contribution in [0.15, 0.2) is 43.5 Å². The molecule has 0 amide bonds. The highest BCUT2D eigenvalue weighted by Crippen LogP contribution is 2.38. The number of aliphatic hydroxyl groups is 1. The SMILES string of the molecule is C=CCOc1cc2c(cc1C(O)C=C)cc(CO[Si](C)(C)C(C)(C)C)n2C. The highest BCUT2D eigenvalue weighted by atomic mass is 28.4. The van der Waals surface area contributed by atoms with Gasteiger partial charge in [0.25, 0.3) is 0 Å². The average Bonchev–Trinajstić information content (AvgIpc) is 2.91. The van der Waals surface area contributed by atoms with Crippen molar-refractivity contribution in [3.8, 4) is 5.75 Å². The highest BCUT2D eigenvalue weighted by molar-refractivity contribution is 6.74. The van der Waals surface area contributed by atoms with Gasteiger partial charge in [0.1, 0.15) is 18.5 Å². The smallest absolute Gasteiger partial charge is 0.192 e. The summed E-state index contributed by atoms with van der Waals surface area (Å²) >= 11 is 0. The number of hydrogen-bond donors (Lipinski definition) is 1. The number of aliphatic hydroxyl groups excluding tert-OH is 1. The van der Waals surface area contributed by atoms with Crippen LogP contribution in [-0.2, 0) is 18.1 Å². The molecule has 1 N–H and O–H groups in total. The van der Waals surface area contributed by atoms with Gasteiger partial charge in [-0.1, -0.05) is 39.5 Å². The molecule has 0 fully saturated rings. The fourth-order valence-electron chi connectivity index (χ4n) is 2.68. The van der Waals surface area contributed by atoms with E-state index in [0.29, 0.717) is 24.5 Å². The summed E-state index contributed by atoms with van der Waals surface area (Å²) in [5.74, 6) is 0.646. The van der Waals surface area contributed by atoms with Gasteiger partial charge < -0.3 is 18.8 Å². The number of fused-ring (bicyclic) bond motifs is 1. The van der Waals surface area contributed by atoms with Crippen LogP contribution in [0.5, 0.6) is 5.75 Å². The summed E-state index contributed by atoms with van der Waals surface area (Å²) in [6.45, 7) is 19.6. The number of nitrogens with zero attached hydrogens (tertiary/aromatic N) is 1. The van der Waals surface area contributed by atoms with Crippen molar-refractivity contribution in [2.45, 2.75) is 51.6 Å². The van der Waals surface area contributed by atoms with Crippen LogP contribution in [0.2, 0.25) is 18.1 Å². The van der Waals surface area contributed by atoms with Crippen molar-refractivity contribution in [3.05, 3.63) is 54.8 Å². The zero-order valence-corrected chi connectivity index (χ0v) is 18.5. The Balaban J connectivity index is 2.42. The summed E-state index contributed by atoms with van der Waals surface area (Å²) < 4.78 is 14.3. The molecule has 0 aliphatic rings. The van der Waals surface area contributed by atoms with Crippen LogP contribution in [0, 0.1) is 0 Å². The highest BCUT2D eigenvalue weighted by Gasteiger charge is 2.37. The van der Waals surface area contributed by atoms with Crippen LogP contribution < -0.4 is 4.74 Å². The van der Waals surface area contributed by atoms with Gasteiger partial charge in [0.05, 0.1) is 12.1 Å². The number of benzene rings is 1. The van der Waals surface area contributed by atoms with Crippen molar-refractivity contribution in [3.63, 3.8) is 0 Å². The maximum Gasteiger partial charge on any atom is 0.192 e. The summed E-state index contributed by atoms with van der Waals surface area (Å²) in [5.41, 5.74) is 2.86. The number of rotatable bonds is 8. The van der Waals surface area contributed by atoms with Gasteiger partial charge in [-0.15, -0.1) is 6.58 Å². The van der Waals surface area contributed by atoms with E-state index in [0.717, 1.165) is 16.6 Å². The summed E-state index contributed by atoms with van der Waals surface area (Å²) in [7, 11) is 0.210. The second kappa shape index (κ2) is 8.05. The van der Waals surface area contributed by atoms with E-state index >= 15 is 0 Å². The molecule has 27 heavy (non-hydrogen) atoms. The standard InChI is InChI=1S/C22H33NO3Si/c1-9-11-25-21-14-19-16(13-18(21)20(24)10-2)12-17(23(19)6)15-26-27(7,8)22(3,4)5/h9-10,12-14,20,24H,1-2,11,15H2,3-8H3. The molecule has 1 aromatic heterocycles. The molecule has 2 rings (SSSR count). The van der Waals surface area contributed by atoms with Crippen LogP contribution in [0.3, 0.4) is 0 Å². The van der Waals surface area contributed by atoms with Gasteiger partial charge in [0.15, 0.2) is 8.32 Å². The fourth-order valence-corrected chi connectivity index (χ4v) is 3.62. The van der Waals surface area contributed by atoms with Gasteiger partial charge >= 0.3 is 0 Å². The van der Waals surface area contributed by atoms with E-state index in [-0.39, 0.29) is 5.04 Å². The van der Waals surface area contributed by atoms with E-state index in [2.05, 4.69) is 57.7 Å². The van der Waals surface area contributed by atoms with E-state index in [1.807, 2.05) is 19.2 Å². The first-order valence-corrected chi connectivity index (χ1v) is 12.2. The lowest BCUT2D eigenvalue weighted by Gasteiger charge is -2.36. The van der Waals surface area contributed by atoms with Crippen LogP contribution >= 0.6 is 0 Å². The molecule has 148 valence electrons. The van der Waals surface area contributed by atoms with Gasteiger partial charge in [0, 0.05) is 29.8 Å². The Morgan fingerprint density at radius 2 is 1.89 bits per heavy atom.